The zero-order chi connectivity index (χ0) is 24.2. The number of thioether (sulfide) groups is 1. The molecule has 2 saturated heterocycles. The van der Waals surface area contributed by atoms with Crippen LogP contribution in [0.15, 0.2) is 64.1 Å². The molecule has 5 rings (SSSR count). The number of hydrogen-bond acceptors (Lipinski definition) is 9. The van der Waals surface area contributed by atoms with E-state index < -0.39 is 11.1 Å². The van der Waals surface area contributed by atoms with Crippen molar-refractivity contribution in [2.45, 2.75) is 6.61 Å². The largest absolute Gasteiger partial charge is 0.469 e. The minimum Gasteiger partial charge on any atom is -0.469 e. The molecule has 0 unspecified atom stereocenters. The average molecular weight is 492 g/mol. The molecule has 1 aromatic carbocycles. The number of nitrogens with zero attached hydrogens (tertiary/aromatic N) is 4. The molecule has 3 amide bonds. The molecule has 1 N–H and O–H groups in total. The van der Waals surface area contributed by atoms with E-state index in [1.165, 1.54) is 6.08 Å². The maximum absolute atomic E-state index is 12.8. The Morgan fingerprint density at radius 2 is 1.89 bits per heavy atom. The maximum Gasteiger partial charge on any atom is 0.290 e. The van der Waals surface area contributed by atoms with Crippen molar-refractivity contribution in [2.24, 2.45) is 0 Å². The summed E-state index contributed by atoms with van der Waals surface area (Å²) in [4.78, 5) is 49.4. The lowest BCUT2D eigenvalue weighted by molar-refractivity contribution is -0.115. The van der Waals surface area contributed by atoms with Gasteiger partial charge in [0.05, 0.1) is 16.9 Å². The number of aromatic nitrogens is 2. The van der Waals surface area contributed by atoms with Crippen LogP contribution in [0.2, 0.25) is 0 Å². The van der Waals surface area contributed by atoms with Crippen LogP contribution in [-0.4, -0.2) is 58.1 Å². The van der Waals surface area contributed by atoms with Crippen LogP contribution < -0.4 is 15.0 Å². The van der Waals surface area contributed by atoms with Gasteiger partial charge in [-0.1, -0.05) is 18.2 Å². The van der Waals surface area contributed by atoms with Gasteiger partial charge in [0, 0.05) is 37.8 Å². The molecule has 0 saturated carbocycles. The van der Waals surface area contributed by atoms with Crippen molar-refractivity contribution in [3.8, 4) is 5.88 Å². The van der Waals surface area contributed by atoms with Gasteiger partial charge in [0.2, 0.25) is 11.8 Å². The number of anilines is 1. The van der Waals surface area contributed by atoms with E-state index in [4.69, 9.17) is 9.15 Å². The molecule has 10 nitrogen and oxygen atoms in total. The highest BCUT2D eigenvalue weighted by molar-refractivity contribution is 8.18. The molecule has 2 aliphatic heterocycles. The second-order valence-electron chi connectivity index (χ2n) is 7.80. The van der Waals surface area contributed by atoms with E-state index in [1.54, 1.807) is 41.5 Å². The van der Waals surface area contributed by atoms with E-state index in [0.717, 1.165) is 11.8 Å². The van der Waals surface area contributed by atoms with Crippen LogP contribution in [0.4, 0.5) is 10.7 Å². The van der Waals surface area contributed by atoms with Crippen molar-refractivity contribution in [3.63, 3.8) is 0 Å². The Bertz CT molecular complexity index is 1270. The fourth-order valence-electron chi connectivity index (χ4n) is 3.69. The fourth-order valence-corrected chi connectivity index (χ4v) is 4.35. The van der Waals surface area contributed by atoms with Crippen LogP contribution in [0.25, 0.3) is 6.08 Å². The summed E-state index contributed by atoms with van der Waals surface area (Å²) in [5.41, 5.74) is 1.08. The van der Waals surface area contributed by atoms with E-state index >= 15 is 0 Å². The van der Waals surface area contributed by atoms with Gasteiger partial charge in [-0.05, 0) is 42.1 Å². The molecular weight excluding hydrogens is 470 g/mol. The first-order chi connectivity index (χ1) is 17.0. The van der Waals surface area contributed by atoms with Crippen LogP contribution in [0.3, 0.4) is 0 Å². The normalized spacial score (nSPS) is 17.1. The van der Waals surface area contributed by atoms with Gasteiger partial charge in [-0.15, -0.1) is 0 Å². The molecule has 0 radical (unpaired) electrons. The zero-order valence-corrected chi connectivity index (χ0v) is 19.4. The topological polar surface area (TPSA) is 118 Å². The molecular formula is C24H21N5O5S. The number of piperazine rings is 1. The predicted octanol–water partition coefficient (Wildman–Crippen LogP) is 2.93. The highest BCUT2D eigenvalue weighted by atomic mass is 32.2. The van der Waals surface area contributed by atoms with E-state index in [9.17, 15) is 14.4 Å². The Hall–Kier alpha value is -4.12. The minimum atomic E-state index is -0.466. The standard InChI is InChI=1S/C24H21N5O5S/c30-21-19(35-24(32)27-21)13-17-14-20(34-15-18-7-4-12-33-18)26-23(25-17)29-10-8-28(9-11-29)22(31)16-5-2-1-3-6-16/h1-7,12-14H,8-11,15H2,(H,27,30,32)/b19-13+. The van der Waals surface area contributed by atoms with Gasteiger partial charge < -0.3 is 19.0 Å². The molecule has 178 valence electrons. The van der Waals surface area contributed by atoms with Crippen LogP contribution in [-0.2, 0) is 11.4 Å². The summed E-state index contributed by atoms with van der Waals surface area (Å²) in [6.07, 6.45) is 3.09. The smallest absolute Gasteiger partial charge is 0.290 e. The first kappa shape index (κ1) is 22.7. The van der Waals surface area contributed by atoms with Crippen molar-refractivity contribution in [2.75, 3.05) is 31.1 Å². The first-order valence-corrected chi connectivity index (χ1v) is 11.8. The monoisotopic (exact) mass is 491 g/mol. The summed E-state index contributed by atoms with van der Waals surface area (Å²) in [7, 11) is 0. The first-order valence-electron chi connectivity index (χ1n) is 10.9. The van der Waals surface area contributed by atoms with Gasteiger partial charge in [-0.2, -0.15) is 4.98 Å². The third-order valence-electron chi connectivity index (χ3n) is 5.44. The number of furan rings is 1. The van der Waals surface area contributed by atoms with Gasteiger partial charge in [-0.3, -0.25) is 19.7 Å². The number of rotatable bonds is 6. The summed E-state index contributed by atoms with van der Waals surface area (Å²) in [5.74, 6) is 0.868. The molecule has 0 aliphatic carbocycles. The lowest BCUT2D eigenvalue weighted by Crippen LogP contribution is -2.49. The van der Waals surface area contributed by atoms with Gasteiger partial charge in [0.15, 0.2) is 0 Å². The number of ether oxygens (including phenoxy) is 1. The quantitative estimate of drug-likeness (QED) is 0.519. The summed E-state index contributed by atoms with van der Waals surface area (Å²) < 4.78 is 11.1. The number of carbonyl (C=O) groups excluding carboxylic acids is 3. The molecule has 4 heterocycles. The van der Waals surface area contributed by atoms with E-state index in [0.29, 0.717) is 55.0 Å². The molecule has 0 atom stereocenters. The summed E-state index contributed by atoms with van der Waals surface area (Å²) in [6, 6.07) is 14.3. The lowest BCUT2D eigenvalue weighted by Gasteiger charge is -2.35. The lowest BCUT2D eigenvalue weighted by atomic mass is 10.2. The maximum atomic E-state index is 12.8. The molecule has 3 aromatic rings. The van der Waals surface area contributed by atoms with Crippen molar-refractivity contribution in [1.29, 1.82) is 0 Å². The Morgan fingerprint density at radius 3 is 2.57 bits per heavy atom. The predicted molar refractivity (Wildman–Crippen MR) is 129 cm³/mol. The fraction of sp³-hybridized carbons (Fsp3) is 0.208. The SMILES string of the molecule is O=C1NC(=O)/C(=C\c2cc(OCc3ccco3)nc(N3CCN(C(=O)c4ccccc4)CC3)n2)S1. The molecule has 2 aromatic heterocycles. The van der Waals surface area contributed by atoms with Crippen LogP contribution in [0, 0.1) is 0 Å². The molecule has 35 heavy (non-hydrogen) atoms. The second-order valence-corrected chi connectivity index (χ2v) is 8.81. The number of carbonyl (C=O) groups is 3. The van der Waals surface area contributed by atoms with Crippen LogP contribution >= 0.6 is 11.8 Å². The second kappa shape index (κ2) is 10.0. The number of benzene rings is 1. The third-order valence-corrected chi connectivity index (χ3v) is 6.26. The number of amides is 3. The zero-order valence-electron chi connectivity index (χ0n) is 18.5. The molecule has 0 spiro atoms. The van der Waals surface area contributed by atoms with E-state index in [-0.39, 0.29) is 17.4 Å². The van der Waals surface area contributed by atoms with Gasteiger partial charge in [-0.25, -0.2) is 4.98 Å². The molecule has 11 heteroatoms. The highest BCUT2D eigenvalue weighted by Gasteiger charge is 2.27. The molecule has 2 aliphatic rings. The Morgan fingerprint density at radius 1 is 1.09 bits per heavy atom. The Labute approximate surface area is 205 Å². The Kier molecular flexibility index (Phi) is 6.49. The molecule has 2 fully saturated rings. The number of nitrogens with one attached hydrogen (secondary N) is 1. The van der Waals surface area contributed by atoms with Crippen LogP contribution in [0.1, 0.15) is 21.8 Å². The number of imide groups is 1. The van der Waals surface area contributed by atoms with Crippen molar-refractivity contribution >= 4 is 40.8 Å². The summed E-state index contributed by atoms with van der Waals surface area (Å²) in [5, 5.41) is 1.81. The minimum absolute atomic E-state index is 0.0129. The summed E-state index contributed by atoms with van der Waals surface area (Å²) >= 11 is 0.816. The van der Waals surface area contributed by atoms with Crippen LogP contribution in [0.5, 0.6) is 5.88 Å². The number of hydrogen-bond donors (Lipinski definition) is 1. The van der Waals surface area contributed by atoms with Gasteiger partial charge in [0.25, 0.3) is 17.1 Å². The van der Waals surface area contributed by atoms with Gasteiger partial charge in [0.1, 0.15) is 12.4 Å². The highest BCUT2D eigenvalue weighted by Crippen LogP contribution is 2.27. The Balaban J connectivity index is 1.35. The van der Waals surface area contributed by atoms with Gasteiger partial charge >= 0.3 is 0 Å². The summed E-state index contributed by atoms with van der Waals surface area (Å²) in [6.45, 7) is 2.26. The third kappa shape index (κ3) is 5.35. The van der Waals surface area contributed by atoms with E-state index in [2.05, 4.69) is 15.3 Å². The average Bonchev–Trinajstić information content (AvgIpc) is 3.52. The van der Waals surface area contributed by atoms with Crippen molar-refractivity contribution in [3.05, 3.63) is 76.7 Å². The van der Waals surface area contributed by atoms with E-state index in [1.807, 2.05) is 23.1 Å². The molecule has 0 bridgehead atoms. The van der Waals surface area contributed by atoms with Crippen molar-refractivity contribution in [1.82, 2.24) is 20.2 Å². The van der Waals surface area contributed by atoms with Crippen molar-refractivity contribution < 1.29 is 23.5 Å².